The van der Waals surface area contributed by atoms with Crippen molar-refractivity contribution in [3.8, 4) is 0 Å². The van der Waals surface area contributed by atoms with Gasteiger partial charge in [0.2, 0.25) is 0 Å². The molecule has 2 rings (SSSR count). The van der Waals surface area contributed by atoms with E-state index >= 15 is 0 Å². The molecule has 1 saturated heterocycles. The van der Waals surface area contributed by atoms with Crippen LogP contribution in [0, 0.1) is 0 Å². The molecule has 0 saturated carbocycles. The summed E-state index contributed by atoms with van der Waals surface area (Å²) in [5.74, 6) is 0. The number of alkyl halides is 3. The van der Waals surface area contributed by atoms with Crippen LogP contribution >= 0.6 is 0 Å². The van der Waals surface area contributed by atoms with Crippen LogP contribution in [0.3, 0.4) is 0 Å². The molecular formula is C16H22F3NO. The van der Waals surface area contributed by atoms with Gasteiger partial charge in [-0.05, 0) is 57.5 Å². The predicted octanol–water partition coefficient (Wildman–Crippen LogP) is 4.00. The second kappa shape index (κ2) is 5.97. The average Bonchev–Trinajstić information content (AvgIpc) is 2.46. The lowest BCUT2D eigenvalue weighted by atomic mass is 9.87. The number of hydrogen-bond donors (Lipinski definition) is 1. The first-order valence-corrected chi connectivity index (χ1v) is 7.33. The lowest BCUT2D eigenvalue weighted by Gasteiger charge is -2.44. The van der Waals surface area contributed by atoms with E-state index in [4.69, 9.17) is 0 Å². The molecule has 1 aliphatic rings. The van der Waals surface area contributed by atoms with Crippen LogP contribution in [0.2, 0.25) is 0 Å². The van der Waals surface area contributed by atoms with Gasteiger partial charge in [0, 0.05) is 5.54 Å². The topological polar surface area (TPSA) is 23.5 Å². The molecule has 5 heteroatoms. The van der Waals surface area contributed by atoms with E-state index in [1.807, 2.05) is 13.8 Å². The first-order chi connectivity index (χ1) is 9.73. The van der Waals surface area contributed by atoms with Crippen molar-refractivity contribution < 1.29 is 18.3 Å². The Bertz CT molecular complexity index is 461. The van der Waals surface area contributed by atoms with Gasteiger partial charge >= 0.3 is 6.18 Å². The molecule has 1 aliphatic heterocycles. The quantitative estimate of drug-likeness (QED) is 0.912. The molecule has 1 N–H and O–H groups in total. The molecule has 0 bridgehead atoms. The molecule has 2 nitrogen and oxygen atoms in total. The van der Waals surface area contributed by atoms with Gasteiger partial charge in [0.05, 0.1) is 11.7 Å². The van der Waals surface area contributed by atoms with Crippen molar-refractivity contribution in [2.75, 3.05) is 13.1 Å². The second-order valence-electron chi connectivity index (χ2n) is 6.22. The van der Waals surface area contributed by atoms with Crippen LogP contribution in [0.4, 0.5) is 13.2 Å². The molecule has 0 amide bonds. The van der Waals surface area contributed by atoms with Crippen LogP contribution in [-0.4, -0.2) is 28.6 Å². The van der Waals surface area contributed by atoms with E-state index in [1.165, 1.54) is 18.6 Å². The predicted molar refractivity (Wildman–Crippen MR) is 75.9 cm³/mol. The maximum Gasteiger partial charge on any atom is 0.416 e. The molecule has 1 aromatic carbocycles. The number of nitrogens with zero attached hydrogens (tertiary/aromatic N) is 1. The van der Waals surface area contributed by atoms with Crippen molar-refractivity contribution in [2.45, 2.75) is 50.9 Å². The Kier molecular flexibility index (Phi) is 4.63. The third-order valence-electron chi connectivity index (χ3n) is 4.39. The number of rotatable bonds is 3. The summed E-state index contributed by atoms with van der Waals surface area (Å²) < 4.78 is 37.7. The van der Waals surface area contributed by atoms with Crippen molar-refractivity contribution in [2.24, 2.45) is 0 Å². The number of benzene rings is 1. The lowest BCUT2D eigenvalue weighted by molar-refractivity contribution is -0.137. The van der Waals surface area contributed by atoms with Crippen LogP contribution < -0.4 is 0 Å². The van der Waals surface area contributed by atoms with E-state index < -0.39 is 23.4 Å². The number of aliphatic hydroxyl groups excluding tert-OH is 1. The van der Waals surface area contributed by atoms with Gasteiger partial charge in [-0.2, -0.15) is 13.2 Å². The summed E-state index contributed by atoms with van der Waals surface area (Å²) in [6.45, 7) is 5.73. The first kappa shape index (κ1) is 16.3. The molecule has 0 aliphatic carbocycles. The smallest absolute Gasteiger partial charge is 0.386 e. The summed E-state index contributed by atoms with van der Waals surface area (Å²) >= 11 is 0. The van der Waals surface area contributed by atoms with Gasteiger partial charge in [0.25, 0.3) is 0 Å². The van der Waals surface area contributed by atoms with E-state index in [9.17, 15) is 18.3 Å². The van der Waals surface area contributed by atoms with E-state index in [1.54, 1.807) is 0 Å². The second-order valence-corrected chi connectivity index (χ2v) is 6.22. The highest BCUT2D eigenvalue weighted by molar-refractivity contribution is 5.27. The Morgan fingerprint density at radius 3 is 2.00 bits per heavy atom. The monoisotopic (exact) mass is 301 g/mol. The number of likely N-dealkylation sites (tertiary alicyclic amines) is 1. The summed E-state index contributed by atoms with van der Waals surface area (Å²) in [6.07, 6.45) is -1.75. The van der Waals surface area contributed by atoms with Crippen LogP contribution in [-0.2, 0) is 6.18 Å². The Morgan fingerprint density at radius 1 is 1.00 bits per heavy atom. The fourth-order valence-electron chi connectivity index (χ4n) is 2.91. The zero-order valence-electron chi connectivity index (χ0n) is 12.5. The molecule has 1 atom stereocenters. The van der Waals surface area contributed by atoms with Crippen LogP contribution in [0.25, 0.3) is 0 Å². The minimum atomic E-state index is -4.34. The summed E-state index contributed by atoms with van der Waals surface area (Å²) in [5.41, 5.74) is -0.645. The first-order valence-electron chi connectivity index (χ1n) is 7.33. The van der Waals surface area contributed by atoms with Crippen LogP contribution in [0.15, 0.2) is 24.3 Å². The molecule has 21 heavy (non-hydrogen) atoms. The average molecular weight is 301 g/mol. The number of hydrogen-bond acceptors (Lipinski definition) is 2. The van der Waals surface area contributed by atoms with Crippen molar-refractivity contribution in [3.63, 3.8) is 0 Å². The Hall–Kier alpha value is -1.07. The normalized spacial score (nSPS) is 19.5. The van der Waals surface area contributed by atoms with Crippen LogP contribution in [0.5, 0.6) is 0 Å². The molecule has 118 valence electrons. The van der Waals surface area contributed by atoms with Crippen molar-refractivity contribution in [1.29, 1.82) is 0 Å². The van der Waals surface area contributed by atoms with Gasteiger partial charge in [0.15, 0.2) is 0 Å². The molecule has 1 heterocycles. The molecule has 0 radical (unpaired) electrons. The van der Waals surface area contributed by atoms with E-state index in [-0.39, 0.29) is 0 Å². The molecular weight excluding hydrogens is 279 g/mol. The van der Waals surface area contributed by atoms with Crippen molar-refractivity contribution >= 4 is 0 Å². The zero-order valence-corrected chi connectivity index (χ0v) is 12.5. The Balaban J connectivity index is 2.16. The van der Waals surface area contributed by atoms with E-state index in [0.29, 0.717) is 5.56 Å². The van der Waals surface area contributed by atoms with Crippen molar-refractivity contribution in [3.05, 3.63) is 35.4 Å². The SMILES string of the molecule is CC(C)(C(O)c1ccc(C(F)(F)F)cc1)N1CCCCC1. The van der Waals surface area contributed by atoms with E-state index in [2.05, 4.69) is 4.90 Å². The van der Waals surface area contributed by atoms with Crippen LogP contribution in [0.1, 0.15) is 50.3 Å². The van der Waals surface area contributed by atoms with Gasteiger partial charge in [-0.15, -0.1) is 0 Å². The minimum Gasteiger partial charge on any atom is -0.386 e. The van der Waals surface area contributed by atoms with Crippen molar-refractivity contribution in [1.82, 2.24) is 4.90 Å². The summed E-state index contributed by atoms with van der Waals surface area (Å²) in [4.78, 5) is 2.22. The highest BCUT2D eigenvalue weighted by Gasteiger charge is 2.36. The summed E-state index contributed by atoms with van der Waals surface area (Å²) in [6, 6.07) is 4.81. The Morgan fingerprint density at radius 2 is 1.52 bits per heavy atom. The third-order valence-corrected chi connectivity index (χ3v) is 4.39. The third kappa shape index (κ3) is 3.58. The largest absolute Gasteiger partial charge is 0.416 e. The number of piperidine rings is 1. The lowest BCUT2D eigenvalue weighted by Crippen LogP contribution is -2.50. The maximum absolute atomic E-state index is 12.6. The number of halogens is 3. The minimum absolute atomic E-state index is 0.486. The summed E-state index contributed by atoms with van der Waals surface area (Å²) in [7, 11) is 0. The molecule has 0 spiro atoms. The highest BCUT2D eigenvalue weighted by atomic mass is 19.4. The highest BCUT2D eigenvalue weighted by Crippen LogP contribution is 2.35. The van der Waals surface area contributed by atoms with Gasteiger partial charge in [-0.3, -0.25) is 4.90 Å². The molecule has 1 unspecified atom stereocenters. The summed E-state index contributed by atoms with van der Waals surface area (Å²) in [5, 5.41) is 10.6. The number of aliphatic hydroxyl groups is 1. The molecule has 1 aromatic rings. The van der Waals surface area contributed by atoms with Gasteiger partial charge in [-0.25, -0.2) is 0 Å². The maximum atomic E-state index is 12.6. The zero-order chi connectivity index (χ0) is 15.7. The molecule has 0 aromatic heterocycles. The molecule has 1 fully saturated rings. The Labute approximate surface area is 123 Å². The van der Waals surface area contributed by atoms with Gasteiger partial charge in [0.1, 0.15) is 0 Å². The van der Waals surface area contributed by atoms with E-state index in [0.717, 1.165) is 38.1 Å². The van der Waals surface area contributed by atoms with Gasteiger partial charge in [-0.1, -0.05) is 18.6 Å². The fourth-order valence-corrected chi connectivity index (χ4v) is 2.91. The van der Waals surface area contributed by atoms with Gasteiger partial charge < -0.3 is 5.11 Å². The fraction of sp³-hybridized carbons (Fsp3) is 0.625. The standard InChI is InChI=1S/C16H22F3NO/c1-15(2,20-10-4-3-5-11-20)14(21)12-6-8-13(9-7-12)16(17,18)19/h6-9,14,21H,3-5,10-11H2,1-2H3.